The summed E-state index contributed by atoms with van der Waals surface area (Å²) in [7, 11) is 0. The van der Waals surface area contributed by atoms with E-state index in [-0.39, 0.29) is 23.0 Å². The van der Waals surface area contributed by atoms with Crippen LogP contribution in [0.5, 0.6) is 5.75 Å². The molecule has 1 saturated heterocycles. The number of phenols is 1. The lowest BCUT2D eigenvalue weighted by Gasteiger charge is -2.27. The summed E-state index contributed by atoms with van der Waals surface area (Å²) in [6.45, 7) is 0.740. The minimum atomic E-state index is -0.170. The molecule has 17 heavy (non-hydrogen) atoms. The van der Waals surface area contributed by atoms with Crippen LogP contribution in [0.25, 0.3) is 0 Å². The first-order valence-corrected chi connectivity index (χ1v) is 6.30. The number of amides is 1. The van der Waals surface area contributed by atoms with Gasteiger partial charge in [0, 0.05) is 12.5 Å². The van der Waals surface area contributed by atoms with Crippen LogP contribution in [0.15, 0.2) is 24.3 Å². The molecule has 3 rings (SSSR count). The van der Waals surface area contributed by atoms with E-state index in [1.54, 1.807) is 12.1 Å². The summed E-state index contributed by atoms with van der Waals surface area (Å²) in [6.07, 6.45) is 4.32. The molecule has 1 aliphatic carbocycles. The number of hydrogen-bond donors (Lipinski definition) is 2. The van der Waals surface area contributed by atoms with Gasteiger partial charge in [-0.3, -0.25) is 4.79 Å². The Balaban J connectivity index is 1.97. The van der Waals surface area contributed by atoms with Crippen LogP contribution in [0.4, 0.5) is 0 Å². The molecular formula is C14H17NO2. The molecule has 0 bridgehead atoms. The summed E-state index contributed by atoms with van der Waals surface area (Å²) in [6, 6.07) is 7.31. The molecule has 3 nitrogen and oxygen atoms in total. The third kappa shape index (κ3) is 1.53. The lowest BCUT2D eigenvalue weighted by molar-refractivity contribution is -0.127. The first-order chi connectivity index (χ1) is 8.22. The molecule has 1 aromatic carbocycles. The van der Waals surface area contributed by atoms with Crippen molar-refractivity contribution in [3.05, 3.63) is 29.8 Å². The molecule has 1 amide bonds. The molecule has 1 atom stereocenters. The number of nitrogens with one attached hydrogen (secondary N) is 1. The molecule has 1 spiro atoms. The summed E-state index contributed by atoms with van der Waals surface area (Å²) >= 11 is 0. The quantitative estimate of drug-likeness (QED) is 0.778. The van der Waals surface area contributed by atoms with Gasteiger partial charge in [-0.15, -0.1) is 0 Å². The maximum Gasteiger partial charge on any atom is 0.226 e. The molecule has 1 aliphatic heterocycles. The lowest BCUT2D eigenvalue weighted by atomic mass is 9.73. The zero-order valence-electron chi connectivity index (χ0n) is 9.78. The SMILES string of the molecule is O=C1NC[C@@H](c2ccc(O)cc2)C12CCCC2. The predicted octanol–water partition coefficient (Wildman–Crippen LogP) is 2.17. The van der Waals surface area contributed by atoms with E-state index in [1.165, 1.54) is 5.56 Å². The van der Waals surface area contributed by atoms with E-state index in [4.69, 9.17) is 0 Å². The molecule has 1 saturated carbocycles. The molecule has 3 heteroatoms. The van der Waals surface area contributed by atoms with E-state index in [0.29, 0.717) is 0 Å². The van der Waals surface area contributed by atoms with Crippen molar-refractivity contribution in [2.45, 2.75) is 31.6 Å². The monoisotopic (exact) mass is 231 g/mol. The molecule has 2 fully saturated rings. The van der Waals surface area contributed by atoms with Crippen LogP contribution in [0, 0.1) is 5.41 Å². The van der Waals surface area contributed by atoms with Crippen molar-refractivity contribution in [3.63, 3.8) is 0 Å². The lowest BCUT2D eigenvalue weighted by Crippen LogP contribution is -2.31. The van der Waals surface area contributed by atoms with Gasteiger partial charge in [0.1, 0.15) is 5.75 Å². The Labute approximate surface area is 101 Å². The topological polar surface area (TPSA) is 49.3 Å². The molecular weight excluding hydrogens is 214 g/mol. The second-order valence-corrected chi connectivity index (χ2v) is 5.22. The number of aromatic hydroxyl groups is 1. The Morgan fingerprint density at radius 1 is 1.18 bits per heavy atom. The second kappa shape index (κ2) is 3.76. The molecule has 0 aromatic heterocycles. The van der Waals surface area contributed by atoms with Crippen LogP contribution in [-0.4, -0.2) is 17.6 Å². The predicted molar refractivity (Wildman–Crippen MR) is 64.8 cm³/mol. The maximum atomic E-state index is 12.1. The number of hydrogen-bond acceptors (Lipinski definition) is 2. The summed E-state index contributed by atoms with van der Waals surface area (Å²) in [5.41, 5.74) is 1.000. The van der Waals surface area contributed by atoms with Crippen LogP contribution < -0.4 is 5.32 Å². The van der Waals surface area contributed by atoms with Gasteiger partial charge in [0.2, 0.25) is 5.91 Å². The van der Waals surface area contributed by atoms with Gasteiger partial charge in [0.05, 0.1) is 5.41 Å². The van der Waals surface area contributed by atoms with Crippen LogP contribution in [0.3, 0.4) is 0 Å². The van der Waals surface area contributed by atoms with E-state index in [0.717, 1.165) is 32.2 Å². The van der Waals surface area contributed by atoms with Crippen LogP contribution in [0.2, 0.25) is 0 Å². The Hall–Kier alpha value is -1.51. The highest BCUT2D eigenvalue weighted by Crippen LogP contribution is 2.51. The summed E-state index contributed by atoms with van der Waals surface area (Å²) in [5, 5.41) is 12.3. The third-order valence-corrected chi connectivity index (χ3v) is 4.38. The van der Waals surface area contributed by atoms with E-state index in [2.05, 4.69) is 5.32 Å². The number of carbonyl (C=O) groups is 1. The summed E-state index contributed by atoms with van der Waals surface area (Å²) in [5.74, 6) is 0.790. The first kappa shape index (κ1) is 10.6. The van der Waals surface area contributed by atoms with Gasteiger partial charge in [0.25, 0.3) is 0 Å². The van der Waals surface area contributed by atoms with Crippen molar-refractivity contribution in [2.24, 2.45) is 5.41 Å². The van der Waals surface area contributed by atoms with Gasteiger partial charge in [-0.1, -0.05) is 25.0 Å². The summed E-state index contributed by atoms with van der Waals surface area (Å²) < 4.78 is 0. The van der Waals surface area contributed by atoms with Crippen molar-refractivity contribution in [1.29, 1.82) is 0 Å². The fraction of sp³-hybridized carbons (Fsp3) is 0.500. The Morgan fingerprint density at radius 2 is 1.82 bits per heavy atom. The minimum Gasteiger partial charge on any atom is -0.508 e. The smallest absolute Gasteiger partial charge is 0.226 e. The van der Waals surface area contributed by atoms with Gasteiger partial charge < -0.3 is 10.4 Å². The van der Waals surface area contributed by atoms with E-state index >= 15 is 0 Å². The Morgan fingerprint density at radius 3 is 2.47 bits per heavy atom. The largest absolute Gasteiger partial charge is 0.508 e. The molecule has 1 heterocycles. The summed E-state index contributed by atoms with van der Waals surface area (Å²) in [4.78, 5) is 12.1. The van der Waals surface area contributed by atoms with Crippen molar-refractivity contribution in [1.82, 2.24) is 5.32 Å². The number of carbonyl (C=O) groups excluding carboxylic acids is 1. The molecule has 0 unspecified atom stereocenters. The Kier molecular flexibility index (Phi) is 2.35. The van der Waals surface area contributed by atoms with Crippen LogP contribution in [-0.2, 0) is 4.79 Å². The van der Waals surface area contributed by atoms with Crippen LogP contribution >= 0.6 is 0 Å². The molecule has 2 aliphatic rings. The zero-order valence-corrected chi connectivity index (χ0v) is 9.78. The van der Waals surface area contributed by atoms with Crippen molar-refractivity contribution >= 4 is 5.91 Å². The number of rotatable bonds is 1. The minimum absolute atomic E-state index is 0.170. The number of phenolic OH excluding ortho intramolecular Hbond substituents is 1. The highest BCUT2D eigenvalue weighted by molar-refractivity contribution is 5.86. The fourth-order valence-electron chi connectivity index (χ4n) is 3.45. The maximum absolute atomic E-state index is 12.1. The first-order valence-electron chi connectivity index (χ1n) is 6.30. The van der Waals surface area contributed by atoms with E-state index in [9.17, 15) is 9.90 Å². The van der Waals surface area contributed by atoms with E-state index < -0.39 is 0 Å². The number of benzene rings is 1. The fourth-order valence-corrected chi connectivity index (χ4v) is 3.45. The molecule has 2 N–H and O–H groups in total. The highest BCUT2D eigenvalue weighted by atomic mass is 16.3. The Bertz CT molecular complexity index is 432. The second-order valence-electron chi connectivity index (χ2n) is 5.22. The zero-order chi connectivity index (χ0) is 11.9. The average molecular weight is 231 g/mol. The van der Waals surface area contributed by atoms with Gasteiger partial charge in [-0.05, 0) is 30.5 Å². The van der Waals surface area contributed by atoms with Crippen molar-refractivity contribution in [2.75, 3.05) is 6.54 Å². The van der Waals surface area contributed by atoms with Crippen molar-refractivity contribution in [3.8, 4) is 5.75 Å². The molecule has 0 radical (unpaired) electrons. The van der Waals surface area contributed by atoms with Crippen LogP contribution in [0.1, 0.15) is 37.2 Å². The van der Waals surface area contributed by atoms with Gasteiger partial charge >= 0.3 is 0 Å². The normalized spacial score (nSPS) is 26.4. The van der Waals surface area contributed by atoms with Gasteiger partial charge in [0.15, 0.2) is 0 Å². The highest BCUT2D eigenvalue weighted by Gasteiger charge is 2.51. The third-order valence-electron chi connectivity index (χ3n) is 4.38. The molecule has 1 aromatic rings. The van der Waals surface area contributed by atoms with Gasteiger partial charge in [-0.2, -0.15) is 0 Å². The standard InChI is InChI=1S/C14H17NO2/c16-11-5-3-10(4-6-11)12-9-15-13(17)14(12)7-1-2-8-14/h3-6,12,16H,1-2,7-9H2,(H,15,17)/t12-/m0/s1. The van der Waals surface area contributed by atoms with Gasteiger partial charge in [-0.25, -0.2) is 0 Å². The van der Waals surface area contributed by atoms with E-state index in [1.807, 2.05) is 12.1 Å². The average Bonchev–Trinajstić information content (AvgIpc) is 2.92. The van der Waals surface area contributed by atoms with Crippen molar-refractivity contribution < 1.29 is 9.90 Å². The molecule has 90 valence electrons.